The molecule has 0 amide bonds. The van der Waals surface area contributed by atoms with E-state index < -0.39 is 7.05 Å². The van der Waals surface area contributed by atoms with Crippen LogP contribution in [0.1, 0.15) is 146 Å². The molecular formula is C35H66NPTi. The van der Waals surface area contributed by atoms with Gasteiger partial charge in [-0.25, -0.2) is 0 Å². The predicted octanol–water partition coefficient (Wildman–Crippen LogP) is 13.0. The molecule has 0 atom stereocenters. The number of hydrogen-bond donors (Lipinski definition) is 0. The molecule has 0 aromatic rings. The fourth-order valence-electron chi connectivity index (χ4n) is 4.46. The van der Waals surface area contributed by atoms with Crippen LogP contribution in [-0.2, 0) is 21.7 Å². The summed E-state index contributed by atoms with van der Waals surface area (Å²) in [6, 6.07) is 0. The Morgan fingerprint density at radius 2 is 1.05 bits per heavy atom. The van der Waals surface area contributed by atoms with Gasteiger partial charge < -0.3 is 0 Å². The van der Waals surface area contributed by atoms with Crippen molar-refractivity contribution in [2.75, 3.05) is 18.5 Å². The smallest absolute Gasteiger partial charge is 0.0425 e. The summed E-state index contributed by atoms with van der Waals surface area (Å²) in [6.07, 6.45) is 37.5. The molecule has 220 valence electrons. The van der Waals surface area contributed by atoms with E-state index in [0.717, 1.165) is 6.42 Å². The van der Waals surface area contributed by atoms with Crippen molar-refractivity contribution in [2.24, 2.45) is 15.6 Å². The van der Waals surface area contributed by atoms with Crippen LogP contribution in [0.3, 0.4) is 0 Å². The number of allylic oxidation sites excluding steroid dienone is 7. The Morgan fingerprint density at radius 3 is 1.34 bits per heavy atom. The molecule has 1 rings (SSSR count). The Morgan fingerprint density at radius 1 is 0.658 bits per heavy atom. The molecule has 38 heavy (non-hydrogen) atoms. The number of unbranched alkanes of at least 4 members (excludes halogenated alkanes) is 9. The van der Waals surface area contributed by atoms with E-state index in [9.17, 15) is 0 Å². The zero-order chi connectivity index (χ0) is 28.0. The van der Waals surface area contributed by atoms with Crippen molar-refractivity contribution in [3.05, 3.63) is 48.2 Å². The Balaban J connectivity index is 0. The third-order valence-electron chi connectivity index (χ3n) is 6.68. The Bertz CT molecular complexity index is 668. The zero-order valence-corrected chi connectivity index (χ0v) is 29.7. The molecule has 0 aromatic carbocycles. The molecule has 0 saturated carbocycles. The molecular weight excluding hydrogens is 513 g/mol. The van der Waals surface area contributed by atoms with Gasteiger partial charge in [0.25, 0.3) is 0 Å². The molecule has 0 saturated heterocycles. The van der Waals surface area contributed by atoms with Gasteiger partial charge in [-0.05, 0) is 61.7 Å². The van der Waals surface area contributed by atoms with Gasteiger partial charge in [-0.3, -0.25) is 4.74 Å². The molecule has 0 heterocycles. The van der Waals surface area contributed by atoms with Crippen molar-refractivity contribution in [3.8, 4) is 0 Å². The van der Waals surface area contributed by atoms with Crippen LogP contribution in [0, 0.1) is 10.8 Å². The number of rotatable bonds is 17. The molecule has 0 radical (unpaired) electrons. The average Bonchev–Trinajstić information content (AvgIpc) is 3.32. The standard InChI is InChI=1S/C23H44NP.C12H22.Ti/c1-4-7-10-15-20-25(21-16-11-8-5-2,22-17-12-9-6-3)24-23-18-13-14-19-23;1-11(2,3)9-7-8-10-12(4,5)6;/h13-14,18H,4-12,15-17,19-22H2,1-3H3;7-10H,1-6H3;. The van der Waals surface area contributed by atoms with Gasteiger partial charge in [0.05, 0.1) is 0 Å². The molecule has 1 aliphatic carbocycles. The normalized spacial score (nSPS) is 14.0. The summed E-state index contributed by atoms with van der Waals surface area (Å²) in [4.78, 5) is 0. The topological polar surface area (TPSA) is 12.4 Å². The van der Waals surface area contributed by atoms with Crippen LogP contribution in [0.5, 0.6) is 0 Å². The first-order valence-electron chi connectivity index (χ1n) is 15.8. The van der Waals surface area contributed by atoms with Crippen LogP contribution in [0.4, 0.5) is 0 Å². The van der Waals surface area contributed by atoms with E-state index in [1.165, 1.54) is 101 Å². The van der Waals surface area contributed by atoms with Crippen molar-refractivity contribution < 1.29 is 21.7 Å². The molecule has 0 bridgehead atoms. The van der Waals surface area contributed by atoms with E-state index in [0.29, 0.717) is 10.8 Å². The summed E-state index contributed by atoms with van der Waals surface area (Å²) in [5.74, 6) is 0. The van der Waals surface area contributed by atoms with Crippen LogP contribution >= 0.6 is 7.05 Å². The summed E-state index contributed by atoms with van der Waals surface area (Å²) in [5.41, 5.74) is 1.97. The summed E-state index contributed by atoms with van der Waals surface area (Å²) in [7, 11) is -1.15. The van der Waals surface area contributed by atoms with E-state index in [2.05, 4.69) is 105 Å². The van der Waals surface area contributed by atoms with Crippen molar-refractivity contribution in [3.63, 3.8) is 0 Å². The minimum atomic E-state index is -1.15. The number of nitrogens with zero attached hydrogens (tertiary/aromatic N) is 1. The van der Waals surface area contributed by atoms with E-state index in [1.54, 1.807) is 0 Å². The second-order valence-electron chi connectivity index (χ2n) is 13.3. The fraction of sp³-hybridized carbons (Fsp3) is 0.771. The quantitative estimate of drug-likeness (QED) is 0.0703. The summed E-state index contributed by atoms with van der Waals surface area (Å²) < 4.78 is 5.51. The maximum absolute atomic E-state index is 5.51. The van der Waals surface area contributed by atoms with Crippen LogP contribution < -0.4 is 0 Å². The summed E-state index contributed by atoms with van der Waals surface area (Å²) in [5, 5.41) is 0. The van der Waals surface area contributed by atoms with Gasteiger partial charge in [0.2, 0.25) is 0 Å². The molecule has 0 unspecified atom stereocenters. The molecule has 0 aromatic heterocycles. The zero-order valence-electron chi connectivity index (χ0n) is 27.2. The van der Waals surface area contributed by atoms with Gasteiger partial charge in [-0.15, -0.1) is 0 Å². The van der Waals surface area contributed by atoms with Gasteiger partial charge in [-0.1, -0.05) is 157 Å². The largest absolute Gasteiger partial charge is 0.272 e. The minimum Gasteiger partial charge on any atom is -0.272 e. The summed E-state index contributed by atoms with van der Waals surface area (Å²) >= 11 is 0. The maximum Gasteiger partial charge on any atom is 0.0425 e. The van der Waals surface area contributed by atoms with E-state index in [4.69, 9.17) is 4.74 Å². The molecule has 1 aliphatic rings. The van der Waals surface area contributed by atoms with E-state index in [-0.39, 0.29) is 21.7 Å². The molecule has 0 aliphatic heterocycles. The van der Waals surface area contributed by atoms with Crippen LogP contribution in [0.25, 0.3) is 0 Å². The molecule has 0 spiro atoms. The average molecular weight is 580 g/mol. The SMILES string of the molecule is CC(C)(C)C=CC=CC(C)(C)C.CCCCCCP(CCCCCC)(CCCCCC)=NC1=CC=CC1.[Ti]. The first-order chi connectivity index (χ1) is 17.5. The van der Waals surface area contributed by atoms with Crippen molar-refractivity contribution in [2.45, 2.75) is 146 Å². The van der Waals surface area contributed by atoms with Crippen LogP contribution in [-0.4, -0.2) is 18.5 Å². The predicted molar refractivity (Wildman–Crippen MR) is 175 cm³/mol. The van der Waals surface area contributed by atoms with Crippen molar-refractivity contribution >= 4 is 7.05 Å². The Labute approximate surface area is 255 Å². The number of hydrogen-bond acceptors (Lipinski definition) is 1. The van der Waals surface area contributed by atoms with Gasteiger partial charge in [-0.2, -0.15) is 0 Å². The molecule has 3 heteroatoms. The third-order valence-corrected chi connectivity index (χ3v) is 10.8. The first kappa shape index (κ1) is 40.0. The molecule has 1 nitrogen and oxygen atoms in total. The Kier molecular flexibility index (Phi) is 24.9. The van der Waals surface area contributed by atoms with E-state index in [1.807, 2.05) is 0 Å². The monoisotopic (exact) mass is 579 g/mol. The van der Waals surface area contributed by atoms with Crippen molar-refractivity contribution in [1.82, 2.24) is 0 Å². The van der Waals surface area contributed by atoms with Crippen LogP contribution in [0.2, 0.25) is 0 Å². The Hall–Kier alpha value is -0.0957. The van der Waals surface area contributed by atoms with Gasteiger partial charge in [0, 0.05) is 33.8 Å². The third kappa shape index (κ3) is 24.9. The van der Waals surface area contributed by atoms with Gasteiger partial charge >= 0.3 is 0 Å². The summed E-state index contributed by atoms with van der Waals surface area (Å²) in [6.45, 7) is 20.2. The minimum absolute atomic E-state index is 0. The van der Waals surface area contributed by atoms with Crippen LogP contribution in [0.15, 0.2) is 53.0 Å². The molecule has 0 fully saturated rings. The first-order valence-corrected chi connectivity index (χ1v) is 18.1. The van der Waals surface area contributed by atoms with Gasteiger partial charge in [0.1, 0.15) is 0 Å². The molecule has 0 N–H and O–H groups in total. The van der Waals surface area contributed by atoms with E-state index >= 15 is 0 Å². The fourth-order valence-corrected chi connectivity index (χ4v) is 8.56. The van der Waals surface area contributed by atoms with Crippen molar-refractivity contribution in [1.29, 1.82) is 0 Å². The second kappa shape index (κ2) is 23.6. The second-order valence-corrected chi connectivity index (χ2v) is 17.0. The maximum atomic E-state index is 5.51. The van der Waals surface area contributed by atoms with Gasteiger partial charge in [0.15, 0.2) is 0 Å².